The van der Waals surface area contributed by atoms with Crippen molar-refractivity contribution in [3.63, 3.8) is 0 Å². The average molecular weight is 273 g/mol. The third kappa shape index (κ3) is 2.71. The molecule has 0 spiro atoms. The highest BCUT2D eigenvalue weighted by atomic mass is 16.3. The van der Waals surface area contributed by atoms with Crippen LogP contribution >= 0.6 is 0 Å². The second kappa shape index (κ2) is 5.77. The molecule has 1 saturated carbocycles. The van der Waals surface area contributed by atoms with E-state index in [1.807, 2.05) is 12.1 Å². The fourth-order valence-corrected chi connectivity index (χ4v) is 4.05. The number of nitrogens with one attached hydrogen (secondary N) is 1. The van der Waals surface area contributed by atoms with Gasteiger partial charge in [-0.25, -0.2) is 0 Å². The Labute approximate surface area is 122 Å². The molecule has 2 N–H and O–H groups in total. The average Bonchev–Trinajstić information content (AvgIpc) is 2.44. The lowest BCUT2D eigenvalue weighted by Crippen LogP contribution is -2.43. The maximum Gasteiger partial charge on any atom is 0.115 e. The van der Waals surface area contributed by atoms with E-state index >= 15 is 0 Å². The van der Waals surface area contributed by atoms with Gasteiger partial charge in [-0.1, -0.05) is 32.8 Å². The first-order valence-corrected chi connectivity index (χ1v) is 8.23. The molecule has 2 aliphatic carbocycles. The summed E-state index contributed by atoms with van der Waals surface area (Å²) >= 11 is 0. The zero-order chi connectivity index (χ0) is 14.1. The van der Waals surface area contributed by atoms with Gasteiger partial charge in [0, 0.05) is 12.1 Å². The van der Waals surface area contributed by atoms with Crippen LogP contribution in [0.1, 0.15) is 63.1 Å². The fourth-order valence-electron chi connectivity index (χ4n) is 4.05. The molecular weight excluding hydrogens is 246 g/mol. The summed E-state index contributed by atoms with van der Waals surface area (Å²) in [6, 6.07) is 7.06. The van der Waals surface area contributed by atoms with E-state index in [1.54, 1.807) is 0 Å². The molecule has 2 heteroatoms. The van der Waals surface area contributed by atoms with Crippen LogP contribution in [-0.4, -0.2) is 11.1 Å². The molecule has 3 rings (SSSR count). The van der Waals surface area contributed by atoms with Gasteiger partial charge < -0.3 is 10.4 Å². The normalized spacial score (nSPS) is 33.7. The van der Waals surface area contributed by atoms with Gasteiger partial charge in [0.25, 0.3) is 0 Å². The minimum absolute atomic E-state index is 0.407. The van der Waals surface area contributed by atoms with Gasteiger partial charge in [-0.3, -0.25) is 0 Å². The van der Waals surface area contributed by atoms with Gasteiger partial charge in [0.05, 0.1) is 0 Å². The monoisotopic (exact) mass is 273 g/mol. The molecule has 2 nitrogen and oxygen atoms in total. The quantitative estimate of drug-likeness (QED) is 0.847. The SMILES string of the molecule is CC1CCCC(NC2CCCc3cc(O)ccc32)C1C. The van der Waals surface area contributed by atoms with Crippen molar-refractivity contribution in [3.8, 4) is 5.75 Å². The van der Waals surface area contributed by atoms with Crippen molar-refractivity contribution < 1.29 is 5.11 Å². The second-order valence-corrected chi connectivity index (χ2v) is 6.87. The smallest absolute Gasteiger partial charge is 0.115 e. The first kappa shape index (κ1) is 13.9. The minimum atomic E-state index is 0.407. The van der Waals surface area contributed by atoms with Crippen molar-refractivity contribution >= 4 is 0 Å². The van der Waals surface area contributed by atoms with E-state index in [4.69, 9.17) is 0 Å². The Kier molecular flexibility index (Phi) is 4.02. The molecule has 0 aliphatic heterocycles. The van der Waals surface area contributed by atoms with Crippen molar-refractivity contribution in [2.24, 2.45) is 11.8 Å². The molecule has 20 heavy (non-hydrogen) atoms. The van der Waals surface area contributed by atoms with Gasteiger partial charge in [-0.15, -0.1) is 0 Å². The third-order valence-corrected chi connectivity index (χ3v) is 5.56. The first-order valence-electron chi connectivity index (χ1n) is 8.23. The summed E-state index contributed by atoms with van der Waals surface area (Å²) in [5, 5.41) is 13.6. The Morgan fingerprint density at radius 1 is 1.10 bits per heavy atom. The summed E-state index contributed by atoms with van der Waals surface area (Å²) in [4.78, 5) is 0. The first-order chi connectivity index (χ1) is 9.65. The van der Waals surface area contributed by atoms with E-state index in [2.05, 4.69) is 25.2 Å². The van der Waals surface area contributed by atoms with E-state index < -0.39 is 0 Å². The Morgan fingerprint density at radius 3 is 2.80 bits per heavy atom. The van der Waals surface area contributed by atoms with Gasteiger partial charge in [0.2, 0.25) is 0 Å². The number of phenolic OH excluding ortho intramolecular Hbond substituents is 1. The molecule has 0 saturated heterocycles. The summed E-state index contributed by atoms with van der Waals surface area (Å²) in [6.07, 6.45) is 7.63. The number of phenols is 1. The van der Waals surface area contributed by atoms with Crippen LogP contribution in [0.5, 0.6) is 5.75 Å². The number of aromatic hydroxyl groups is 1. The highest BCUT2D eigenvalue weighted by molar-refractivity contribution is 5.38. The van der Waals surface area contributed by atoms with E-state index in [0.717, 1.165) is 18.3 Å². The van der Waals surface area contributed by atoms with Crippen LogP contribution in [0.3, 0.4) is 0 Å². The summed E-state index contributed by atoms with van der Waals surface area (Å²) in [6.45, 7) is 4.80. The number of fused-ring (bicyclic) bond motifs is 1. The number of hydrogen-bond acceptors (Lipinski definition) is 2. The minimum Gasteiger partial charge on any atom is -0.508 e. The molecule has 0 amide bonds. The lowest BCUT2D eigenvalue weighted by Gasteiger charge is -2.38. The molecule has 0 heterocycles. The highest BCUT2D eigenvalue weighted by Crippen LogP contribution is 2.35. The number of benzene rings is 1. The predicted octanol–water partition coefficient (Wildman–Crippen LogP) is 4.18. The molecule has 0 bridgehead atoms. The van der Waals surface area contributed by atoms with Crippen LogP contribution in [0.15, 0.2) is 18.2 Å². The van der Waals surface area contributed by atoms with Gasteiger partial charge in [0.15, 0.2) is 0 Å². The maximum atomic E-state index is 9.65. The molecule has 1 aromatic rings. The standard InChI is InChI=1S/C18H27NO/c1-12-5-3-7-17(13(12)2)19-18-8-4-6-14-11-15(20)9-10-16(14)18/h9-13,17-20H,3-8H2,1-2H3. The molecule has 0 radical (unpaired) electrons. The van der Waals surface area contributed by atoms with Crippen molar-refractivity contribution in [2.75, 3.05) is 0 Å². The Hall–Kier alpha value is -1.02. The highest BCUT2D eigenvalue weighted by Gasteiger charge is 2.30. The van der Waals surface area contributed by atoms with Crippen LogP contribution < -0.4 is 5.32 Å². The molecule has 110 valence electrons. The molecule has 1 fully saturated rings. The van der Waals surface area contributed by atoms with Crippen LogP contribution in [0.2, 0.25) is 0 Å². The summed E-state index contributed by atoms with van der Waals surface area (Å²) in [7, 11) is 0. The zero-order valence-electron chi connectivity index (χ0n) is 12.7. The van der Waals surface area contributed by atoms with Crippen LogP contribution in [0.4, 0.5) is 0 Å². The van der Waals surface area contributed by atoms with Crippen molar-refractivity contribution in [3.05, 3.63) is 29.3 Å². The van der Waals surface area contributed by atoms with Crippen molar-refractivity contribution in [1.82, 2.24) is 5.32 Å². The van der Waals surface area contributed by atoms with Crippen LogP contribution in [0.25, 0.3) is 0 Å². The number of rotatable bonds is 2. The number of aryl methyl sites for hydroxylation is 1. The number of hydrogen-bond donors (Lipinski definition) is 2. The maximum absolute atomic E-state index is 9.65. The van der Waals surface area contributed by atoms with Crippen molar-refractivity contribution in [2.45, 2.75) is 64.5 Å². The largest absolute Gasteiger partial charge is 0.508 e. The lowest BCUT2D eigenvalue weighted by molar-refractivity contribution is 0.189. The molecular formula is C18H27NO. The van der Waals surface area contributed by atoms with Gasteiger partial charge >= 0.3 is 0 Å². The lowest BCUT2D eigenvalue weighted by atomic mass is 9.77. The van der Waals surface area contributed by atoms with Crippen molar-refractivity contribution in [1.29, 1.82) is 0 Å². The molecule has 0 aromatic heterocycles. The molecule has 2 aliphatic rings. The predicted molar refractivity (Wildman–Crippen MR) is 82.9 cm³/mol. The summed E-state index contributed by atoms with van der Waals surface area (Å²) in [5.74, 6) is 2.01. The topological polar surface area (TPSA) is 32.3 Å². The summed E-state index contributed by atoms with van der Waals surface area (Å²) in [5.41, 5.74) is 2.75. The second-order valence-electron chi connectivity index (χ2n) is 6.87. The van der Waals surface area contributed by atoms with Crippen LogP contribution in [0, 0.1) is 11.8 Å². The van der Waals surface area contributed by atoms with E-state index in [9.17, 15) is 5.11 Å². The van der Waals surface area contributed by atoms with E-state index in [1.165, 1.54) is 43.2 Å². The zero-order valence-corrected chi connectivity index (χ0v) is 12.7. The van der Waals surface area contributed by atoms with Gasteiger partial charge in [-0.2, -0.15) is 0 Å². The molecule has 1 aromatic carbocycles. The summed E-state index contributed by atoms with van der Waals surface area (Å²) < 4.78 is 0. The fraction of sp³-hybridized carbons (Fsp3) is 0.667. The van der Waals surface area contributed by atoms with E-state index in [-0.39, 0.29) is 0 Å². The molecule has 4 unspecified atom stereocenters. The Morgan fingerprint density at radius 2 is 1.95 bits per heavy atom. The molecule has 4 atom stereocenters. The van der Waals surface area contributed by atoms with E-state index in [0.29, 0.717) is 17.8 Å². The third-order valence-electron chi connectivity index (χ3n) is 5.56. The van der Waals surface area contributed by atoms with Crippen LogP contribution in [-0.2, 0) is 6.42 Å². The Balaban J connectivity index is 1.76. The van der Waals surface area contributed by atoms with Gasteiger partial charge in [-0.05, 0) is 60.8 Å². The van der Waals surface area contributed by atoms with Gasteiger partial charge in [0.1, 0.15) is 5.75 Å². The Bertz CT molecular complexity index is 470.